The second-order valence-electron chi connectivity index (χ2n) is 6.51. The molecule has 0 saturated heterocycles. The van der Waals surface area contributed by atoms with Crippen LogP contribution in [0.3, 0.4) is 0 Å². The molecule has 0 bridgehead atoms. The number of thiophene rings is 1. The van der Waals surface area contributed by atoms with Gasteiger partial charge < -0.3 is 5.32 Å². The van der Waals surface area contributed by atoms with Gasteiger partial charge in [0.1, 0.15) is 11.1 Å². The highest BCUT2D eigenvalue weighted by atomic mass is 35.5. The minimum absolute atomic E-state index is 0.0378. The molecule has 1 amide bonds. The lowest BCUT2D eigenvalue weighted by molar-refractivity contribution is -0.113. The number of fused-ring (bicyclic) bond motifs is 1. The summed E-state index contributed by atoms with van der Waals surface area (Å²) in [6.45, 7) is 0.240. The number of benzene rings is 2. The van der Waals surface area contributed by atoms with Crippen molar-refractivity contribution < 1.29 is 4.79 Å². The number of amides is 1. The standard InChI is InChI=1S/C22H15ClN4O2S2/c23-17-7-3-1-5-15(17)12-27-21(29)16-6-2-4-8-18(16)25-22(27)31-13-19(28)26-20-14(11-24)9-10-30-20/h1-10H,12-13H2,(H,26,28). The SMILES string of the molecule is N#Cc1ccsc1NC(=O)CSc1nc2ccccc2c(=O)n1Cc1ccccc1Cl. The van der Waals surface area contributed by atoms with Gasteiger partial charge in [0.25, 0.3) is 5.56 Å². The smallest absolute Gasteiger partial charge is 0.262 e. The third kappa shape index (κ3) is 4.64. The zero-order valence-electron chi connectivity index (χ0n) is 16.0. The highest BCUT2D eigenvalue weighted by Crippen LogP contribution is 2.24. The number of para-hydroxylation sites is 1. The lowest BCUT2D eigenvalue weighted by Crippen LogP contribution is -2.25. The number of rotatable bonds is 6. The van der Waals surface area contributed by atoms with Gasteiger partial charge in [-0.25, -0.2) is 4.98 Å². The fourth-order valence-corrected chi connectivity index (χ4v) is 4.73. The molecule has 0 fully saturated rings. The summed E-state index contributed by atoms with van der Waals surface area (Å²) in [5.41, 5.74) is 1.57. The Bertz CT molecular complexity index is 1370. The third-order valence-electron chi connectivity index (χ3n) is 4.48. The van der Waals surface area contributed by atoms with Crippen LogP contribution in [0.2, 0.25) is 5.02 Å². The van der Waals surface area contributed by atoms with E-state index in [1.807, 2.05) is 30.3 Å². The van der Waals surface area contributed by atoms with E-state index >= 15 is 0 Å². The summed E-state index contributed by atoms with van der Waals surface area (Å²) < 4.78 is 1.54. The molecule has 4 aromatic rings. The highest BCUT2D eigenvalue weighted by Gasteiger charge is 2.15. The summed E-state index contributed by atoms with van der Waals surface area (Å²) in [5.74, 6) is -0.244. The van der Waals surface area contributed by atoms with E-state index in [4.69, 9.17) is 16.9 Å². The topological polar surface area (TPSA) is 87.8 Å². The number of carbonyl (C=O) groups is 1. The largest absolute Gasteiger partial charge is 0.316 e. The van der Waals surface area contributed by atoms with Crippen molar-refractivity contribution in [2.45, 2.75) is 11.7 Å². The van der Waals surface area contributed by atoms with Gasteiger partial charge in [0.15, 0.2) is 5.16 Å². The zero-order chi connectivity index (χ0) is 21.8. The van der Waals surface area contributed by atoms with E-state index in [1.165, 1.54) is 15.9 Å². The van der Waals surface area contributed by atoms with Crippen molar-refractivity contribution in [3.8, 4) is 6.07 Å². The Hall–Kier alpha value is -3.12. The van der Waals surface area contributed by atoms with Crippen molar-refractivity contribution in [2.75, 3.05) is 11.1 Å². The monoisotopic (exact) mass is 466 g/mol. The number of hydrogen-bond donors (Lipinski definition) is 1. The predicted molar refractivity (Wildman–Crippen MR) is 125 cm³/mol. The molecule has 6 nitrogen and oxygen atoms in total. The summed E-state index contributed by atoms with van der Waals surface area (Å²) >= 11 is 8.75. The van der Waals surface area contributed by atoms with Crippen molar-refractivity contribution in [2.24, 2.45) is 0 Å². The molecule has 0 saturated carbocycles. The molecule has 0 spiro atoms. The van der Waals surface area contributed by atoms with Gasteiger partial charge in [-0.05, 0) is 35.2 Å². The van der Waals surface area contributed by atoms with Crippen LogP contribution in [0.4, 0.5) is 5.00 Å². The second-order valence-corrected chi connectivity index (χ2v) is 8.77. The van der Waals surface area contributed by atoms with Crippen LogP contribution < -0.4 is 10.9 Å². The average molecular weight is 467 g/mol. The fourth-order valence-electron chi connectivity index (χ4n) is 2.98. The predicted octanol–water partition coefficient (Wildman–Crippen LogP) is 4.76. The molecular formula is C22H15ClN4O2S2. The van der Waals surface area contributed by atoms with Gasteiger partial charge in [-0.15, -0.1) is 11.3 Å². The van der Waals surface area contributed by atoms with Gasteiger partial charge in [-0.2, -0.15) is 5.26 Å². The van der Waals surface area contributed by atoms with Crippen LogP contribution in [0, 0.1) is 11.3 Å². The molecule has 2 aromatic carbocycles. The van der Waals surface area contributed by atoms with Gasteiger partial charge in [0, 0.05) is 5.02 Å². The van der Waals surface area contributed by atoms with Crippen molar-refractivity contribution >= 4 is 56.5 Å². The third-order valence-corrected chi connectivity index (χ3v) is 6.66. The van der Waals surface area contributed by atoms with Crippen LogP contribution in [-0.2, 0) is 11.3 Å². The minimum atomic E-state index is -0.282. The first kappa shape index (κ1) is 21.1. The van der Waals surface area contributed by atoms with E-state index in [1.54, 1.807) is 35.7 Å². The van der Waals surface area contributed by atoms with Gasteiger partial charge in [0.2, 0.25) is 5.91 Å². The zero-order valence-corrected chi connectivity index (χ0v) is 18.4. The van der Waals surface area contributed by atoms with E-state index in [2.05, 4.69) is 10.3 Å². The first-order chi connectivity index (χ1) is 15.1. The molecule has 0 aliphatic carbocycles. The van der Waals surface area contributed by atoms with Crippen LogP contribution in [0.25, 0.3) is 10.9 Å². The second kappa shape index (κ2) is 9.35. The maximum Gasteiger partial charge on any atom is 0.262 e. The number of nitrogens with zero attached hydrogens (tertiary/aromatic N) is 3. The van der Waals surface area contributed by atoms with E-state index < -0.39 is 0 Å². The van der Waals surface area contributed by atoms with Crippen LogP contribution in [0.1, 0.15) is 11.1 Å². The molecule has 154 valence electrons. The summed E-state index contributed by atoms with van der Waals surface area (Å²) in [7, 11) is 0. The lowest BCUT2D eigenvalue weighted by atomic mass is 10.2. The van der Waals surface area contributed by atoms with Crippen molar-refractivity contribution in [1.29, 1.82) is 5.26 Å². The Morgan fingerprint density at radius 1 is 1.19 bits per heavy atom. The normalized spacial score (nSPS) is 10.7. The molecule has 9 heteroatoms. The van der Waals surface area contributed by atoms with Gasteiger partial charge in [-0.1, -0.05) is 53.7 Å². The highest BCUT2D eigenvalue weighted by molar-refractivity contribution is 7.99. The lowest BCUT2D eigenvalue weighted by Gasteiger charge is -2.14. The maximum absolute atomic E-state index is 13.2. The molecule has 0 radical (unpaired) electrons. The van der Waals surface area contributed by atoms with Crippen molar-refractivity contribution in [3.05, 3.63) is 86.5 Å². The molecule has 0 aliphatic rings. The van der Waals surface area contributed by atoms with E-state index in [0.717, 1.165) is 17.3 Å². The quantitative estimate of drug-likeness (QED) is 0.327. The van der Waals surface area contributed by atoms with Gasteiger partial charge in [-0.3, -0.25) is 14.2 Å². The molecule has 0 aliphatic heterocycles. The Labute approximate surface area is 191 Å². The van der Waals surface area contributed by atoms with Crippen molar-refractivity contribution in [3.63, 3.8) is 0 Å². The number of nitriles is 1. The molecule has 31 heavy (non-hydrogen) atoms. The summed E-state index contributed by atoms with van der Waals surface area (Å²) in [4.78, 5) is 30.3. The van der Waals surface area contributed by atoms with E-state index in [-0.39, 0.29) is 23.8 Å². The van der Waals surface area contributed by atoms with E-state index in [0.29, 0.717) is 31.6 Å². The van der Waals surface area contributed by atoms with E-state index in [9.17, 15) is 9.59 Å². The van der Waals surface area contributed by atoms with Crippen molar-refractivity contribution in [1.82, 2.24) is 9.55 Å². The molecule has 4 rings (SSSR count). The number of aromatic nitrogens is 2. The van der Waals surface area contributed by atoms with Crippen LogP contribution in [0.15, 0.2) is 69.9 Å². The summed E-state index contributed by atoms with van der Waals surface area (Å²) in [6.07, 6.45) is 0. The van der Waals surface area contributed by atoms with Gasteiger partial charge >= 0.3 is 0 Å². The molecule has 2 aromatic heterocycles. The number of carbonyl (C=O) groups excluding carboxylic acids is 1. The fraction of sp³-hybridized carbons (Fsp3) is 0.0909. The van der Waals surface area contributed by atoms with Crippen LogP contribution in [-0.4, -0.2) is 21.2 Å². The molecule has 0 unspecified atom stereocenters. The molecule has 1 N–H and O–H groups in total. The summed E-state index contributed by atoms with van der Waals surface area (Å²) in [5, 5.41) is 15.6. The maximum atomic E-state index is 13.2. The Kier molecular flexibility index (Phi) is 6.37. The number of anilines is 1. The first-order valence-corrected chi connectivity index (χ1v) is 11.4. The number of thioether (sulfide) groups is 1. The molecular weight excluding hydrogens is 452 g/mol. The van der Waals surface area contributed by atoms with Crippen LogP contribution >= 0.6 is 34.7 Å². The molecule has 0 atom stereocenters. The number of hydrogen-bond acceptors (Lipinski definition) is 6. The summed E-state index contributed by atoms with van der Waals surface area (Å²) in [6, 6.07) is 18.1. The van der Waals surface area contributed by atoms with Crippen LogP contribution in [0.5, 0.6) is 0 Å². The average Bonchev–Trinajstić information content (AvgIpc) is 3.23. The number of nitrogens with one attached hydrogen (secondary N) is 1. The first-order valence-electron chi connectivity index (χ1n) is 9.20. The minimum Gasteiger partial charge on any atom is -0.316 e. The Morgan fingerprint density at radius 3 is 2.77 bits per heavy atom. The Balaban J connectivity index is 1.64. The number of halogens is 1. The van der Waals surface area contributed by atoms with Gasteiger partial charge in [0.05, 0.1) is 28.8 Å². The molecule has 2 heterocycles. The Morgan fingerprint density at radius 2 is 1.97 bits per heavy atom.